The van der Waals surface area contributed by atoms with Gasteiger partial charge in [-0.2, -0.15) is 9.36 Å². The van der Waals surface area contributed by atoms with E-state index in [2.05, 4.69) is 77.5 Å². The van der Waals surface area contributed by atoms with Crippen molar-refractivity contribution in [2.45, 2.75) is 135 Å². The number of tetrazole rings is 2. The van der Waals surface area contributed by atoms with E-state index in [1.54, 1.807) is 49.1 Å². The van der Waals surface area contributed by atoms with E-state index < -0.39 is 54.2 Å². The minimum absolute atomic E-state index is 0.0599. The van der Waals surface area contributed by atoms with Crippen LogP contribution in [-0.2, 0) is 59.7 Å². The maximum absolute atomic E-state index is 14.8. The summed E-state index contributed by atoms with van der Waals surface area (Å²) >= 11 is 0. The number of rotatable bonds is 25. The fourth-order valence-electron chi connectivity index (χ4n) is 10.7. The first kappa shape index (κ1) is 61.4. The third-order valence-corrected chi connectivity index (χ3v) is 15.8. The molecule has 2 saturated heterocycles. The third kappa shape index (κ3) is 15.4. The van der Waals surface area contributed by atoms with Gasteiger partial charge < -0.3 is 44.1 Å². The standard InChI is InChI=1S/C63H73N13O10/c1-42(2)57(77)64-55(59(79)73-33-21-27-48(73)37-75-61(66-68-70-75)84-39-46-23-11-9-12-24-46)44(4)82-35-19-7-8-20-36-83-45(5)56(60(80)74-34-22-28-49(74)38-76-62(67-69-71-76)85-40-47-25-13-10-14-26-47)65-58(78)43(3)72(6)63(81)86-41-54-52-31-17-15-29-50(52)51-30-16-18-32-53(51)54/h9-18,23-26,29-32,42-45,48-49,54-56H,21-22,27-28,33-41H2,1-6H3,(H,64,77)(H,65,78)/t43-,44+,45?,48?,49-,55-,56-/m0/s1. The molecule has 5 amide bonds. The molecule has 0 bridgehead atoms. The highest BCUT2D eigenvalue weighted by Gasteiger charge is 2.41. The molecule has 2 unspecified atom stereocenters. The van der Waals surface area contributed by atoms with Crippen molar-refractivity contribution >= 4 is 29.7 Å². The van der Waals surface area contributed by atoms with Crippen LogP contribution in [0, 0.1) is 29.6 Å². The zero-order chi connectivity index (χ0) is 60.5. The Morgan fingerprint density at radius 1 is 0.605 bits per heavy atom. The monoisotopic (exact) mass is 1170 g/mol. The van der Waals surface area contributed by atoms with E-state index in [9.17, 15) is 24.0 Å². The van der Waals surface area contributed by atoms with Gasteiger partial charge in [0.15, 0.2) is 0 Å². The summed E-state index contributed by atoms with van der Waals surface area (Å²) in [5.74, 6) is 9.03. The van der Waals surface area contributed by atoms with Crippen LogP contribution < -0.4 is 20.1 Å². The molecule has 4 aromatic carbocycles. The fourth-order valence-corrected chi connectivity index (χ4v) is 10.7. The second kappa shape index (κ2) is 29.6. The highest BCUT2D eigenvalue weighted by Crippen LogP contribution is 2.44. The van der Waals surface area contributed by atoms with E-state index in [-0.39, 0.29) is 81.4 Å². The third-order valence-electron chi connectivity index (χ3n) is 15.8. The molecule has 86 heavy (non-hydrogen) atoms. The molecule has 0 saturated carbocycles. The topological polar surface area (TPSA) is 252 Å². The second-order valence-corrected chi connectivity index (χ2v) is 21.8. The van der Waals surface area contributed by atoms with Gasteiger partial charge in [-0.05, 0) is 113 Å². The van der Waals surface area contributed by atoms with Crippen molar-refractivity contribution in [2.75, 3.05) is 40.0 Å². The van der Waals surface area contributed by atoms with Crippen molar-refractivity contribution in [1.29, 1.82) is 0 Å². The van der Waals surface area contributed by atoms with Crippen molar-refractivity contribution < 1.29 is 47.7 Å². The maximum Gasteiger partial charge on any atom is 0.410 e. The Morgan fingerprint density at radius 3 is 1.51 bits per heavy atom. The highest BCUT2D eigenvalue weighted by molar-refractivity contribution is 5.92. The van der Waals surface area contributed by atoms with Crippen molar-refractivity contribution in [3.63, 3.8) is 0 Å². The number of aromatic nitrogens is 8. The number of fused-ring (bicyclic) bond motifs is 3. The normalized spacial score (nSPS) is 16.9. The minimum Gasteiger partial charge on any atom is -0.458 e. The van der Waals surface area contributed by atoms with Crippen LogP contribution >= 0.6 is 0 Å². The number of likely N-dealkylation sites (tertiary alicyclic amines) is 2. The SMILES string of the molecule is CC(C)C(=O)N[C@H](C(=O)N1CCCC1Cn1nnnc1OCc1ccccc1)[C@@H](C)OCC#CC#CCOC(C)[C@H](NC(=O)[C@H](C)N(C)C(=O)OCC1c2ccccc2-c2ccccc21)C(=O)N1CCC[C@H]1Cn1nnnc1OCc1ccccc1. The quantitative estimate of drug-likeness (QED) is 0.0698. The first-order valence-corrected chi connectivity index (χ1v) is 29.1. The number of likely N-dealkylation sites (N-methyl/N-ethyl adjacent to an activating group) is 1. The summed E-state index contributed by atoms with van der Waals surface area (Å²) in [5, 5.41) is 29.9. The van der Waals surface area contributed by atoms with E-state index in [1.807, 2.05) is 97.1 Å². The minimum atomic E-state index is -1.22. The molecule has 9 rings (SSSR count). The summed E-state index contributed by atoms with van der Waals surface area (Å²) in [7, 11) is 1.48. The molecule has 2 aromatic heterocycles. The van der Waals surface area contributed by atoms with Crippen LogP contribution in [0.5, 0.6) is 12.0 Å². The van der Waals surface area contributed by atoms with Gasteiger partial charge in [0.1, 0.15) is 51.2 Å². The molecule has 7 atom stereocenters. The average molecular weight is 1170 g/mol. The smallest absolute Gasteiger partial charge is 0.410 e. The van der Waals surface area contributed by atoms with Crippen LogP contribution in [0.1, 0.15) is 88.5 Å². The Balaban J connectivity index is 0.820. The number of benzene rings is 4. The van der Waals surface area contributed by atoms with Gasteiger partial charge in [0.25, 0.3) is 0 Å². The van der Waals surface area contributed by atoms with Crippen molar-refractivity contribution in [3.8, 4) is 46.8 Å². The molecule has 0 radical (unpaired) electrons. The summed E-state index contributed by atoms with van der Waals surface area (Å²) < 4.78 is 33.1. The van der Waals surface area contributed by atoms with Gasteiger partial charge in [-0.25, -0.2) is 4.79 Å². The second-order valence-electron chi connectivity index (χ2n) is 21.8. The molecule has 2 fully saturated rings. The Labute approximate surface area is 500 Å². The number of carbonyl (C=O) groups is 5. The molecule has 4 heterocycles. The summed E-state index contributed by atoms with van der Waals surface area (Å²) in [5.41, 5.74) is 6.17. The number of carbonyl (C=O) groups excluding carboxylic acids is 5. The summed E-state index contributed by atoms with van der Waals surface area (Å²) in [4.78, 5) is 74.8. The van der Waals surface area contributed by atoms with Gasteiger partial charge in [-0.1, -0.05) is 145 Å². The van der Waals surface area contributed by atoms with E-state index in [0.29, 0.717) is 38.9 Å². The molecule has 3 aliphatic rings. The fraction of sp³-hybridized carbons (Fsp3) is 0.444. The van der Waals surface area contributed by atoms with Gasteiger partial charge in [0.05, 0.1) is 37.4 Å². The molecule has 450 valence electrons. The largest absolute Gasteiger partial charge is 0.458 e. The lowest BCUT2D eigenvalue weighted by Gasteiger charge is -2.33. The molecule has 2 aliphatic heterocycles. The number of hydrogen-bond donors (Lipinski definition) is 2. The molecule has 0 spiro atoms. The van der Waals surface area contributed by atoms with E-state index in [4.69, 9.17) is 23.7 Å². The van der Waals surface area contributed by atoms with Crippen LogP contribution in [0.2, 0.25) is 0 Å². The Bertz CT molecular complexity index is 3370. The molecular weight excluding hydrogens is 1100 g/mol. The van der Waals surface area contributed by atoms with Crippen molar-refractivity contribution in [1.82, 2.24) is 65.7 Å². The Kier molecular flexibility index (Phi) is 21.1. The van der Waals surface area contributed by atoms with Crippen LogP contribution in [0.15, 0.2) is 109 Å². The Hall–Kier alpha value is -9.19. The number of nitrogens with zero attached hydrogens (tertiary/aromatic N) is 11. The molecular formula is C63H73N13O10. The number of amides is 5. The molecule has 23 nitrogen and oxygen atoms in total. The predicted molar refractivity (Wildman–Crippen MR) is 314 cm³/mol. The average Bonchev–Trinajstić information content (AvgIpc) is 2.06. The number of nitrogens with one attached hydrogen (secondary N) is 2. The van der Waals surface area contributed by atoms with Gasteiger partial charge in [0, 0.05) is 32.0 Å². The summed E-state index contributed by atoms with van der Waals surface area (Å²) in [6.45, 7) is 10.1. The van der Waals surface area contributed by atoms with Crippen LogP contribution in [0.4, 0.5) is 4.79 Å². The molecule has 6 aromatic rings. The lowest BCUT2D eigenvalue weighted by atomic mass is 9.98. The van der Waals surface area contributed by atoms with Crippen molar-refractivity contribution in [3.05, 3.63) is 131 Å². The van der Waals surface area contributed by atoms with Gasteiger partial charge in [0.2, 0.25) is 23.6 Å². The van der Waals surface area contributed by atoms with Gasteiger partial charge in [-0.3, -0.25) is 24.1 Å². The molecule has 2 N–H and O–H groups in total. The van der Waals surface area contributed by atoms with Gasteiger partial charge in [-0.15, -0.1) is 0 Å². The number of hydrogen-bond acceptors (Lipinski definition) is 16. The van der Waals surface area contributed by atoms with E-state index in [1.165, 1.54) is 16.6 Å². The van der Waals surface area contributed by atoms with Crippen LogP contribution in [-0.4, -0.2) is 167 Å². The van der Waals surface area contributed by atoms with Crippen molar-refractivity contribution in [2.24, 2.45) is 5.92 Å². The van der Waals surface area contributed by atoms with Crippen LogP contribution in [0.25, 0.3) is 11.1 Å². The maximum atomic E-state index is 14.8. The Morgan fingerprint density at radius 2 is 1.05 bits per heavy atom. The summed E-state index contributed by atoms with van der Waals surface area (Å²) in [6, 6.07) is 31.8. The van der Waals surface area contributed by atoms with E-state index >= 15 is 0 Å². The van der Waals surface area contributed by atoms with E-state index in [0.717, 1.165) is 39.8 Å². The van der Waals surface area contributed by atoms with Crippen LogP contribution in [0.3, 0.4) is 0 Å². The first-order chi connectivity index (χ1) is 41.7. The molecule has 23 heteroatoms. The predicted octanol–water partition coefficient (Wildman–Crippen LogP) is 5.21. The van der Waals surface area contributed by atoms with Gasteiger partial charge >= 0.3 is 18.1 Å². The summed E-state index contributed by atoms with van der Waals surface area (Å²) in [6.07, 6.45) is 0.350. The lowest BCUT2D eigenvalue weighted by Crippen LogP contribution is -2.58. The molecule has 1 aliphatic carbocycles. The first-order valence-electron chi connectivity index (χ1n) is 29.1. The lowest BCUT2D eigenvalue weighted by molar-refractivity contribution is -0.142. The zero-order valence-corrected chi connectivity index (χ0v) is 49.3. The zero-order valence-electron chi connectivity index (χ0n) is 49.3. The highest BCUT2D eigenvalue weighted by atomic mass is 16.6. The number of ether oxygens (including phenoxy) is 5.